The van der Waals surface area contributed by atoms with E-state index in [1.54, 1.807) is 6.08 Å². The lowest BCUT2D eigenvalue weighted by molar-refractivity contribution is -0.870. The molecule has 0 spiro atoms. The SMILES string of the molecule is CC/C=C\C/C=C\C/C=C\C/C=C\C/C=C\C/C=C\CCCCCCCCCCC(=O)NC(COP(=O)(O)OCC[N+](C)(C)C)C(O)/C=C/CCCCCCCCCCCCCCCCCCCCCCCC. The summed E-state index contributed by atoms with van der Waals surface area (Å²) >= 11 is 0. The van der Waals surface area contributed by atoms with Gasteiger partial charge in [-0.2, -0.15) is 0 Å². The maximum atomic E-state index is 13.0. The van der Waals surface area contributed by atoms with Gasteiger partial charge in [0.05, 0.1) is 39.9 Å². The number of aliphatic hydroxyl groups excluding tert-OH is 1. The highest BCUT2D eigenvalue weighted by molar-refractivity contribution is 7.47. The standard InChI is InChI=1S/C64H117N2O6P/c1-6-8-10-12-14-16-18-20-22-24-26-28-30-32-33-34-36-38-40-42-44-46-48-50-52-54-56-58-64(68)65-62(61-72-73(69,70)71-60-59-66(3,4)5)63(67)57-55-53-51-49-47-45-43-41-39-37-35-31-29-27-25-23-21-19-17-15-13-11-9-7-2/h8,10,14,16,20,22,26,28,32-33,36,38,55,57,62-63,67H,6-7,9,11-13,15,17-19,21,23-25,27,29-31,34-35,37,39-54,56,58-61H2,1-5H3,(H-,65,68,69,70)/p+1/b10-8-,16-14-,22-20-,28-26-,33-32-,38-36-,57-55+. The van der Waals surface area contributed by atoms with Gasteiger partial charge in [0, 0.05) is 6.42 Å². The molecule has 73 heavy (non-hydrogen) atoms. The van der Waals surface area contributed by atoms with Crippen molar-refractivity contribution in [3.05, 3.63) is 85.1 Å². The minimum Gasteiger partial charge on any atom is -0.387 e. The van der Waals surface area contributed by atoms with Crippen LogP contribution in [0.1, 0.15) is 264 Å². The van der Waals surface area contributed by atoms with Crippen LogP contribution in [-0.2, 0) is 18.4 Å². The minimum atomic E-state index is -4.36. The predicted molar refractivity (Wildman–Crippen MR) is 318 cm³/mol. The number of carbonyl (C=O) groups is 1. The van der Waals surface area contributed by atoms with Crippen LogP contribution in [-0.4, -0.2) is 73.4 Å². The Kier molecular flexibility index (Phi) is 52.7. The van der Waals surface area contributed by atoms with E-state index in [0.717, 1.165) is 83.5 Å². The molecule has 0 rings (SSSR count). The Labute approximate surface area is 452 Å². The van der Waals surface area contributed by atoms with Crippen molar-refractivity contribution in [1.29, 1.82) is 0 Å². The van der Waals surface area contributed by atoms with Crippen molar-refractivity contribution < 1.29 is 32.9 Å². The molecule has 0 aliphatic carbocycles. The molecule has 424 valence electrons. The van der Waals surface area contributed by atoms with Crippen LogP contribution < -0.4 is 5.32 Å². The third kappa shape index (κ3) is 57.2. The Balaban J connectivity index is 4.23. The number of amides is 1. The van der Waals surface area contributed by atoms with Gasteiger partial charge < -0.3 is 19.8 Å². The highest BCUT2D eigenvalue weighted by Gasteiger charge is 2.27. The van der Waals surface area contributed by atoms with E-state index in [9.17, 15) is 19.4 Å². The third-order valence-electron chi connectivity index (χ3n) is 13.4. The summed E-state index contributed by atoms with van der Waals surface area (Å²) in [5.74, 6) is -0.186. The zero-order valence-corrected chi connectivity index (χ0v) is 49.3. The van der Waals surface area contributed by atoms with E-state index in [0.29, 0.717) is 17.4 Å². The summed E-state index contributed by atoms with van der Waals surface area (Å²) in [6, 6.07) is -0.858. The molecule has 0 heterocycles. The molecule has 0 bridgehead atoms. The monoisotopic (exact) mass is 1040 g/mol. The molecule has 0 aliphatic heterocycles. The predicted octanol–water partition coefficient (Wildman–Crippen LogP) is 18.8. The molecule has 0 radical (unpaired) electrons. The van der Waals surface area contributed by atoms with Crippen LogP contribution >= 0.6 is 7.82 Å². The largest absolute Gasteiger partial charge is 0.472 e. The number of likely N-dealkylation sites (N-methyl/N-ethyl adjacent to an activating group) is 1. The lowest BCUT2D eigenvalue weighted by atomic mass is 10.0. The number of hydrogen-bond acceptors (Lipinski definition) is 5. The number of phosphoric acid groups is 1. The number of rotatable bonds is 55. The van der Waals surface area contributed by atoms with Crippen molar-refractivity contribution in [2.45, 2.75) is 276 Å². The fourth-order valence-electron chi connectivity index (χ4n) is 8.64. The molecule has 3 unspecified atom stereocenters. The van der Waals surface area contributed by atoms with Gasteiger partial charge in [-0.25, -0.2) is 4.57 Å². The van der Waals surface area contributed by atoms with Gasteiger partial charge in [-0.3, -0.25) is 13.8 Å². The first kappa shape index (κ1) is 70.7. The van der Waals surface area contributed by atoms with Crippen molar-refractivity contribution in [1.82, 2.24) is 5.32 Å². The van der Waals surface area contributed by atoms with Crippen molar-refractivity contribution >= 4 is 13.7 Å². The van der Waals surface area contributed by atoms with Crippen molar-refractivity contribution in [3.8, 4) is 0 Å². The number of carbonyl (C=O) groups excluding carboxylic acids is 1. The first-order chi connectivity index (χ1) is 35.5. The van der Waals surface area contributed by atoms with Crippen LogP contribution in [0.2, 0.25) is 0 Å². The average molecular weight is 1040 g/mol. The normalized spacial score (nSPS) is 14.5. The van der Waals surface area contributed by atoms with Crippen LogP contribution in [0.5, 0.6) is 0 Å². The van der Waals surface area contributed by atoms with Crippen LogP contribution in [0.3, 0.4) is 0 Å². The smallest absolute Gasteiger partial charge is 0.387 e. The van der Waals surface area contributed by atoms with Gasteiger partial charge in [0.25, 0.3) is 0 Å². The molecule has 3 N–H and O–H groups in total. The second kappa shape index (κ2) is 54.5. The topological polar surface area (TPSA) is 105 Å². The highest BCUT2D eigenvalue weighted by Crippen LogP contribution is 2.43. The van der Waals surface area contributed by atoms with Crippen molar-refractivity contribution in [2.75, 3.05) is 40.9 Å². The van der Waals surface area contributed by atoms with E-state index in [1.807, 2.05) is 27.2 Å². The lowest BCUT2D eigenvalue weighted by Gasteiger charge is -2.25. The van der Waals surface area contributed by atoms with Crippen LogP contribution in [0.25, 0.3) is 0 Å². The van der Waals surface area contributed by atoms with E-state index in [2.05, 4.69) is 92.1 Å². The Hall–Kier alpha value is -2.32. The van der Waals surface area contributed by atoms with E-state index >= 15 is 0 Å². The lowest BCUT2D eigenvalue weighted by Crippen LogP contribution is -2.45. The van der Waals surface area contributed by atoms with Gasteiger partial charge in [0.1, 0.15) is 13.2 Å². The third-order valence-corrected chi connectivity index (χ3v) is 14.4. The van der Waals surface area contributed by atoms with Gasteiger partial charge in [0.15, 0.2) is 0 Å². The maximum absolute atomic E-state index is 13.0. The zero-order chi connectivity index (χ0) is 53.5. The second-order valence-corrected chi connectivity index (χ2v) is 23.2. The maximum Gasteiger partial charge on any atom is 0.472 e. The number of aliphatic hydroxyl groups is 1. The number of quaternary nitrogens is 1. The van der Waals surface area contributed by atoms with Gasteiger partial charge in [-0.05, 0) is 70.6 Å². The molecule has 0 aromatic heterocycles. The molecule has 0 aromatic carbocycles. The fraction of sp³-hybridized carbons (Fsp3) is 0.766. The van der Waals surface area contributed by atoms with Crippen molar-refractivity contribution in [2.24, 2.45) is 0 Å². The van der Waals surface area contributed by atoms with Crippen LogP contribution in [0, 0.1) is 0 Å². The number of nitrogens with zero attached hydrogens (tertiary/aromatic N) is 1. The summed E-state index contributed by atoms with van der Waals surface area (Å²) in [5, 5.41) is 14.0. The molecule has 9 heteroatoms. The number of phosphoric ester groups is 1. The number of unbranched alkanes of at least 4 members (excludes halogenated alkanes) is 30. The summed E-state index contributed by atoms with van der Waals surface area (Å²) in [4.78, 5) is 23.3. The van der Waals surface area contributed by atoms with Gasteiger partial charge in [0.2, 0.25) is 5.91 Å². The molecular weight excluding hydrogens is 924 g/mol. The Morgan fingerprint density at radius 1 is 0.479 bits per heavy atom. The fourth-order valence-corrected chi connectivity index (χ4v) is 9.37. The van der Waals surface area contributed by atoms with E-state index in [4.69, 9.17) is 9.05 Å². The summed E-state index contributed by atoms with van der Waals surface area (Å²) in [6.07, 6.45) is 76.8. The zero-order valence-electron chi connectivity index (χ0n) is 48.4. The van der Waals surface area contributed by atoms with Gasteiger partial charge in [-0.1, -0.05) is 272 Å². The van der Waals surface area contributed by atoms with E-state index in [1.165, 1.54) is 161 Å². The Bertz CT molecular complexity index is 1460. The van der Waals surface area contributed by atoms with Gasteiger partial charge in [-0.15, -0.1) is 0 Å². The number of nitrogens with one attached hydrogen (secondary N) is 1. The number of allylic oxidation sites excluding steroid dienone is 13. The highest BCUT2D eigenvalue weighted by atomic mass is 31.2. The summed E-state index contributed by atoms with van der Waals surface area (Å²) in [7, 11) is 1.56. The minimum absolute atomic E-state index is 0.0562. The Morgan fingerprint density at radius 3 is 1.21 bits per heavy atom. The quantitative estimate of drug-likeness (QED) is 0.0243. The second-order valence-electron chi connectivity index (χ2n) is 21.7. The van der Waals surface area contributed by atoms with Crippen LogP contribution in [0.15, 0.2) is 85.1 Å². The molecule has 0 saturated carbocycles. The van der Waals surface area contributed by atoms with Crippen molar-refractivity contribution in [3.63, 3.8) is 0 Å². The Morgan fingerprint density at radius 2 is 0.822 bits per heavy atom. The molecule has 0 aromatic rings. The molecule has 1 amide bonds. The number of hydrogen-bond donors (Lipinski definition) is 3. The first-order valence-corrected chi connectivity index (χ1v) is 32.0. The van der Waals surface area contributed by atoms with E-state index < -0.39 is 20.0 Å². The summed E-state index contributed by atoms with van der Waals surface area (Å²) in [5.41, 5.74) is 0. The first-order valence-electron chi connectivity index (χ1n) is 30.5. The molecule has 3 atom stereocenters. The van der Waals surface area contributed by atoms with E-state index in [-0.39, 0.29) is 19.1 Å². The molecule has 0 saturated heterocycles. The molecule has 0 fully saturated rings. The summed E-state index contributed by atoms with van der Waals surface area (Å²) < 4.78 is 23.7. The average Bonchev–Trinajstić information content (AvgIpc) is 3.35. The van der Waals surface area contributed by atoms with Gasteiger partial charge >= 0.3 is 7.82 Å². The molecular formula is C64H118N2O6P+. The van der Waals surface area contributed by atoms with Crippen LogP contribution in [0.4, 0.5) is 0 Å². The summed E-state index contributed by atoms with van der Waals surface area (Å²) in [6.45, 7) is 4.71. The molecule has 0 aliphatic rings. The molecule has 8 nitrogen and oxygen atoms in total.